The third-order valence-electron chi connectivity index (χ3n) is 4.00. The lowest BCUT2D eigenvalue weighted by Crippen LogP contribution is -2.29. The van der Waals surface area contributed by atoms with Crippen LogP contribution >= 0.6 is 0 Å². The molecule has 0 amide bonds. The minimum absolute atomic E-state index is 0.792. The summed E-state index contributed by atoms with van der Waals surface area (Å²) in [5.74, 6) is 0. The topological polar surface area (TPSA) is 12.0 Å². The van der Waals surface area contributed by atoms with Gasteiger partial charge < -0.3 is 5.32 Å². The molecule has 1 nitrogen and oxygen atoms in total. The molecular weight excluding hydrogens is 230 g/mol. The first-order valence-corrected chi connectivity index (χ1v) is 9.08. The van der Waals surface area contributed by atoms with Gasteiger partial charge >= 0.3 is 0 Å². The fourth-order valence-corrected chi connectivity index (χ4v) is 2.67. The van der Waals surface area contributed by atoms with Crippen molar-refractivity contribution in [3.63, 3.8) is 0 Å². The molecule has 0 saturated carbocycles. The molecule has 1 unspecified atom stereocenters. The zero-order chi connectivity index (χ0) is 14.2. The first-order valence-electron chi connectivity index (χ1n) is 9.08. The molecule has 0 aliphatic rings. The Balaban J connectivity index is 3.40. The normalized spacial score (nSPS) is 12.8. The third kappa shape index (κ3) is 14.2. The molecule has 0 aliphatic heterocycles. The molecule has 0 aromatic rings. The highest BCUT2D eigenvalue weighted by Crippen LogP contribution is 2.13. The smallest absolute Gasteiger partial charge is 0.00670 e. The van der Waals surface area contributed by atoms with Crippen LogP contribution in [-0.2, 0) is 0 Å². The average Bonchev–Trinajstić information content (AvgIpc) is 2.43. The van der Waals surface area contributed by atoms with Crippen LogP contribution < -0.4 is 5.32 Å². The summed E-state index contributed by atoms with van der Waals surface area (Å²) in [7, 11) is 0. The second-order valence-corrected chi connectivity index (χ2v) is 6.06. The summed E-state index contributed by atoms with van der Waals surface area (Å²) >= 11 is 0. The maximum absolute atomic E-state index is 3.72. The quantitative estimate of drug-likeness (QED) is 0.355. The maximum Gasteiger partial charge on any atom is 0.00670 e. The van der Waals surface area contributed by atoms with Gasteiger partial charge in [-0.1, -0.05) is 85.0 Å². The van der Waals surface area contributed by atoms with Crippen LogP contribution in [-0.4, -0.2) is 12.6 Å². The van der Waals surface area contributed by atoms with E-state index >= 15 is 0 Å². The van der Waals surface area contributed by atoms with Gasteiger partial charge in [-0.2, -0.15) is 0 Å². The summed E-state index contributed by atoms with van der Waals surface area (Å²) in [5.41, 5.74) is 0. The molecular formula is C18H39N. The second-order valence-electron chi connectivity index (χ2n) is 6.06. The van der Waals surface area contributed by atoms with Crippen molar-refractivity contribution in [3.05, 3.63) is 0 Å². The van der Waals surface area contributed by atoms with Crippen LogP contribution in [0.1, 0.15) is 104 Å². The molecule has 0 saturated heterocycles. The van der Waals surface area contributed by atoms with Crippen molar-refractivity contribution < 1.29 is 0 Å². The van der Waals surface area contributed by atoms with Gasteiger partial charge in [-0.15, -0.1) is 0 Å². The summed E-state index contributed by atoms with van der Waals surface area (Å²) in [6.45, 7) is 8.05. The van der Waals surface area contributed by atoms with E-state index < -0.39 is 0 Å². The van der Waals surface area contributed by atoms with E-state index in [-0.39, 0.29) is 0 Å². The van der Waals surface area contributed by atoms with Crippen molar-refractivity contribution in [2.75, 3.05) is 6.54 Å². The first-order chi connectivity index (χ1) is 9.35. The fourth-order valence-electron chi connectivity index (χ4n) is 2.67. The largest absolute Gasteiger partial charge is 0.314 e. The molecule has 0 aromatic carbocycles. The molecule has 19 heavy (non-hydrogen) atoms. The Bertz CT molecular complexity index is 148. The molecule has 1 heteroatoms. The molecule has 0 radical (unpaired) electrons. The van der Waals surface area contributed by atoms with E-state index in [0.29, 0.717) is 0 Å². The Labute approximate surface area is 122 Å². The number of nitrogens with one attached hydrogen (secondary N) is 1. The van der Waals surface area contributed by atoms with E-state index in [1.165, 1.54) is 90.0 Å². The molecule has 116 valence electrons. The molecule has 1 atom stereocenters. The van der Waals surface area contributed by atoms with E-state index in [4.69, 9.17) is 0 Å². The summed E-state index contributed by atoms with van der Waals surface area (Å²) in [4.78, 5) is 0. The van der Waals surface area contributed by atoms with Crippen LogP contribution in [0.25, 0.3) is 0 Å². The minimum atomic E-state index is 0.792. The highest BCUT2D eigenvalue weighted by molar-refractivity contribution is 4.66. The number of hydrogen-bond acceptors (Lipinski definition) is 1. The molecule has 0 aliphatic carbocycles. The van der Waals surface area contributed by atoms with Crippen molar-refractivity contribution in [1.82, 2.24) is 5.32 Å². The lowest BCUT2D eigenvalue weighted by atomic mass is 10.0. The van der Waals surface area contributed by atoms with Crippen molar-refractivity contribution in [2.24, 2.45) is 0 Å². The van der Waals surface area contributed by atoms with Gasteiger partial charge in [0.1, 0.15) is 0 Å². The predicted molar refractivity (Wildman–Crippen MR) is 88.8 cm³/mol. The lowest BCUT2D eigenvalue weighted by Gasteiger charge is -2.18. The average molecular weight is 270 g/mol. The van der Waals surface area contributed by atoms with Gasteiger partial charge in [0.25, 0.3) is 0 Å². The zero-order valence-corrected chi connectivity index (χ0v) is 14.0. The van der Waals surface area contributed by atoms with Crippen molar-refractivity contribution in [1.29, 1.82) is 0 Å². The van der Waals surface area contributed by atoms with E-state index in [9.17, 15) is 0 Å². The molecule has 0 heterocycles. The molecule has 0 rings (SSSR count). The molecule has 0 bridgehead atoms. The maximum atomic E-state index is 3.72. The highest BCUT2D eigenvalue weighted by atomic mass is 14.9. The predicted octanol–water partition coefficient (Wildman–Crippen LogP) is 6.08. The first kappa shape index (κ1) is 19.0. The Hall–Kier alpha value is -0.0400. The van der Waals surface area contributed by atoms with Crippen LogP contribution in [0.5, 0.6) is 0 Å². The molecule has 1 N–H and O–H groups in total. The van der Waals surface area contributed by atoms with Crippen LogP contribution in [0.2, 0.25) is 0 Å². The summed E-state index contributed by atoms with van der Waals surface area (Å²) in [6.07, 6.45) is 18.3. The Kier molecular flexibility index (Phi) is 16.0. The van der Waals surface area contributed by atoms with Gasteiger partial charge in [0.15, 0.2) is 0 Å². The van der Waals surface area contributed by atoms with Crippen LogP contribution in [0.15, 0.2) is 0 Å². The van der Waals surface area contributed by atoms with Gasteiger partial charge in [-0.05, 0) is 25.8 Å². The van der Waals surface area contributed by atoms with E-state index in [1.807, 2.05) is 0 Å². The Morgan fingerprint density at radius 2 is 1.11 bits per heavy atom. The second kappa shape index (κ2) is 16.0. The molecule has 0 spiro atoms. The van der Waals surface area contributed by atoms with Crippen LogP contribution in [0, 0.1) is 0 Å². The number of hydrogen-bond donors (Lipinski definition) is 1. The monoisotopic (exact) mass is 269 g/mol. The van der Waals surface area contributed by atoms with Crippen molar-refractivity contribution in [2.45, 2.75) is 110 Å². The SMILES string of the molecule is CCCCCCCCCCC(CCCC)NCCC. The standard InChI is InChI=1S/C18H39N/c1-4-7-9-10-11-12-13-14-16-18(15-8-5-2)19-17-6-3/h18-19H,4-17H2,1-3H3. The Morgan fingerprint density at radius 1 is 0.579 bits per heavy atom. The van der Waals surface area contributed by atoms with Gasteiger partial charge in [0.05, 0.1) is 0 Å². The summed E-state index contributed by atoms with van der Waals surface area (Å²) in [6, 6.07) is 0.792. The molecule has 0 aromatic heterocycles. The zero-order valence-electron chi connectivity index (χ0n) is 14.0. The van der Waals surface area contributed by atoms with Gasteiger partial charge in [-0.3, -0.25) is 0 Å². The lowest BCUT2D eigenvalue weighted by molar-refractivity contribution is 0.419. The highest BCUT2D eigenvalue weighted by Gasteiger charge is 2.06. The Morgan fingerprint density at radius 3 is 1.68 bits per heavy atom. The third-order valence-corrected chi connectivity index (χ3v) is 4.00. The van der Waals surface area contributed by atoms with Crippen molar-refractivity contribution >= 4 is 0 Å². The van der Waals surface area contributed by atoms with Gasteiger partial charge in [0, 0.05) is 6.04 Å². The van der Waals surface area contributed by atoms with Gasteiger partial charge in [0.2, 0.25) is 0 Å². The van der Waals surface area contributed by atoms with Crippen molar-refractivity contribution in [3.8, 4) is 0 Å². The minimum Gasteiger partial charge on any atom is -0.314 e. The number of unbranched alkanes of at least 4 members (excludes halogenated alkanes) is 8. The fraction of sp³-hybridized carbons (Fsp3) is 1.00. The van der Waals surface area contributed by atoms with Gasteiger partial charge in [-0.25, -0.2) is 0 Å². The van der Waals surface area contributed by atoms with Crippen LogP contribution in [0.3, 0.4) is 0 Å². The van der Waals surface area contributed by atoms with Crippen LogP contribution in [0.4, 0.5) is 0 Å². The van der Waals surface area contributed by atoms with E-state index in [0.717, 1.165) is 6.04 Å². The van der Waals surface area contributed by atoms with E-state index in [2.05, 4.69) is 26.1 Å². The number of rotatable bonds is 15. The summed E-state index contributed by atoms with van der Waals surface area (Å²) in [5, 5.41) is 3.72. The summed E-state index contributed by atoms with van der Waals surface area (Å²) < 4.78 is 0. The van der Waals surface area contributed by atoms with E-state index in [1.54, 1.807) is 0 Å². The molecule has 0 fully saturated rings.